The molecule has 0 atom stereocenters. The van der Waals surface area contributed by atoms with Gasteiger partial charge in [0, 0.05) is 6.20 Å². The van der Waals surface area contributed by atoms with Crippen LogP contribution in [0.15, 0.2) is 72.4 Å². The largest absolute Gasteiger partial charge is 0.463 e. The molecule has 0 aliphatic rings. The lowest BCUT2D eigenvalue weighted by molar-refractivity contribution is -0.138. The van der Waals surface area contributed by atoms with E-state index in [2.05, 4.69) is 36.5 Å². The molecule has 0 unspecified atom stereocenters. The van der Waals surface area contributed by atoms with Gasteiger partial charge in [-0.3, -0.25) is 0 Å². The molecule has 0 bridgehead atoms. The van der Waals surface area contributed by atoms with E-state index in [0.717, 1.165) is 17.5 Å². The molecule has 2 aromatic carbocycles. The summed E-state index contributed by atoms with van der Waals surface area (Å²) >= 11 is 0. The Morgan fingerprint density at radius 3 is 2.00 bits per heavy atom. The first-order valence-corrected chi connectivity index (χ1v) is 8.48. The van der Waals surface area contributed by atoms with Crippen LogP contribution in [0.5, 0.6) is 0 Å². The minimum absolute atomic E-state index is 0.00585. The molecule has 3 nitrogen and oxygen atoms in total. The van der Waals surface area contributed by atoms with Gasteiger partial charge < -0.3 is 10.1 Å². The van der Waals surface area contributed by atoms with Gasteiger partial charge in [-0.15, -0.1) is 0 Å². The molecular weight excluding hydrogens is 298 g/mol. The van der Waals surface area contributed by atoms with E-state index in [1.165, 1.54) is 0 Å². The van der Waals surface area contributed by atoms with Crippen molar-refractivity contribution in [2.75, 3.05) is 6.61 Å². The highest BCUT2D eigenvalue weighted by atomic mass is 16.5. The van der Waals surface area contributed by atoms with E-state index < -0.39 is 0 Å². The molecule has 0 spiro atoms. The van der Waals surface area contributed by atoms with Crippen LogP contribution in [0.4, 0.5) is 0 Å². The number of esters is 1. The molecule has 0 heterocycles. The van der Waals surface area contributed by atoms with Crippen molar-refractivity contribution in [2.45, 2.75) is 32.7 Å². The van der Waals surface area contributed by atoms with Crippen molar-refractivity contribution in [1.29, 1.82) is 0 Å². The predicted molar refractivity (Wildman–Crippen MR) is 97.5 cm³/mol. The zero-order valence-corrected chi connectivity index (χ0v) is 14.4. The summed E-state index contributed by atoms with van der Waals surface area (Å²) < 4.78 is 5.15. The average Bonchev–Trinajstić information content (AvgIpc) is 2.63. The third-order valence-electron chi connectivity index (χ3n) is 3.75. The van der Waals surface area contributed by atoms with Crippen LogP contribution in [0.25, 0.3) is 0 Å². The van der Waals surface area contributed by atoms with Gasteiger partial charge in [-0.2, -0.15) is 0 Å². The van der Waals surface area contributed by atoms with E-state index in [-0.39, 0.29) is 12.0 Å². The Kier molecular flexibility index (Phi) is 7.09. The first kappa shape index (κ1) is 17.8. The van der Waals surface area contributed by atoms with Gasteiger partial charge in [0.2, 0.25) is 0 Å². The van der Waals surface area contributed by atoms with Crippen LogP contribution < -0.4 is 5.32 Å². The van der Waals surface area contributed by atoms with Gasteiger partial charge >= 0.3 is 5.97 Å². The van der Waals surface area contributed by atoms with E-state index in [4.69, 9.17) is 4.74 Å². The lowest BCUT2D eigenvalue weighted by Crippen LogP contribution is -2.19. The summed E-state index contributed by atoms with van der Waals surface area (Å²) in [5.41, 5.74) is 2.98. The zero-order chi connectivity index (χ0) is 17.2. The van der Waals surface area contributed by atoms with Crippen molar-refractivity contribution in [3.63, 3.8) is 0 Å². The monoisotopic (exact) mass is 323 g/mol. The van der Waals surface area contributed by atoms with Gasteiger partial charge in [-0.1, -0.05) is 74.0 Å². The van der Waals surface area contributed by atoms with Gasteiger partial charge in [0.05, 0.1) is 18.2 Å². The molecule has 0 radical (unpaired) electrons. The molecule has 0 aliphatic carbocycles. The Bertz CT molecular complexity index is 611. The van der Waals surface area contributed by atoms with Gasteiger partial charge in [0.15, 0.2) is 0 Å². The molecule has 2 rings (SSSR count). The highest BCUT2D eigenvalue weighted by molar-refractivity contribution is 5.88. The zero-order valence-electron chi connectivity index (χ0n) is 14.4. The highest BCUT2D eigenvalue weighted by Gasteiger charge is 2.14. The van der Waals surface area contributed by atoms with E-state index in [1.807, 2.05) is 49.5 Å². The van der Waals surface area contributed by atoms with Gasteiger partial charge in [0.1, 0.15) is 0 Å². The van der Waals surface area contributed by atoms with Crippen molar-refractivity contribution in [3.05, 3.63) is 83.6 Å². The van der Waals surface area contributed by atoms with Crippen molar-refractivity contribution < 1.29 is 9.53 Å². The summed E-state index contributed by atoms with van der Waals surface area (Å²) in [7, 11) is 0. The molecule has 3 heteroatoms. The summed E-state index contributed by atoms with van der Waals surface area (Å²) in [6.45, 7) is 4.27. The first-order chi connectivity index (χ1) is 11.8. The molecule has 0 saturated heterocycles. The molecule has 2 aromatic rings. The fourth-order valence-corrected chi connectivity index (χ4v) is 2.59. The third kappa shape index (κ3) is 4.98. The van der Waals surface area contributed by atoms with Crippen LogP contribution >= 0.6 is 0 Å². The van der Waals surface area contributed by atoms with Gasteiger partial charge in [0.25, 0.3) is 0 Å². The summed E-state index contributed by atoms with van der Waals surface area (Å²) in [6, 6.07) is 20.4. The maximum atomic E-state index is 12.1. The second kappa shape index (κ2) is 9.56. The maximum absolute atomic E-state index is 12.1. The number of benzene rings is 2. The topological polar surface area (TPSA) is 38.3 Å². The lowest BCUT2D eigenvalue weighted by atomic mass is 9.99. The van der Waals surface area contributed by atoms with Crippen molar-refractivity contribution in [3.8, 4) is 0 Å². The Labute approximate surface area is 144 Å². The van der Waals surface area contributed by atoms with Crippen LogP contribution in [-0.2, 0) is 9.53 Å². The molecule has 0 saturated carbocycles. The smallest absolute Gasteiger partial charge is 0.335 e. The average molecular weight is 323 g/mol. The Balaban J connectivity index is 2.27. The van der Waals surface area contributed by atoms with E-state index in [1.54, 1.807) is 0 Å². The number of hydrogen-bond acceptors (Lipinski definition) is 3. The molecule has 1 N–H and O–H groups in total. The molecule has 24 heavy (non-hydrogen) atoms. The minimum atomic E-state index is -0.244. The number of nitrogens with one attached hydrogen (secondary N) is 1. The van der Waals surface area contributed by atoms with Crippen LogP contribution in [0.3, 0.4) is 0 Å². The number of carbonyl (C=O) groups is 1. The van der Waals surface area contributed by atoms with Crippen LogP contribution in [0, 0.1) is 0 Å². The summed E-state index contributed by atoms with van der Waals surface area (Å²) in [4.78, 5) is 12.1. The Hall–Kier alpha value is -2.55. The normalized spacial score (nSPS) is 11.4. The summed E-state index contributed by atoms with van der Waals surface area (Å²) in [6.07, 6.45) is 3.40. The summed E-state index contributed by atoms with van der Waals surface area (Å²) in [5, 5.41) is 3.41. The molecule has 0 amide bonds. The number of carbonyl (C=O) groups excluding carboxylic acids is 1. The fraction of sp³-hybridized carbons (Fsp3) is 0.286. The number of hydrogen-bond donors (Lipinski definition) is 1. The van der Waals surface area contributed by atoms with Gasteiger partial charge in [-0.25, -0.2) is 4.79 Å². The second-order valence-corrected chi connectivity index (χ2v) is 5.56. The molecule has 0 aliphatic heterocycles. The summed E-state index contributed by atoms with van der Waals surface area (Å²) in [5.74, 6) is -0.244. The van der Waals surface area contributed by atoms with Crippen LogP contribution in [0.2, 0.25) is 0 Å². The number of rotatable bonds is 8. The molecule has 0 fully saturated rings. The third-order valence-corrected chi connectivity index (χ3v) is 3.75. The highest BCUT2D eigenvalue weighted by Crippen LogP contribution is 2.22. The Morgan fingerprint density at radius 2 is 1.54 bits per heavy atom. The van der Waals surface area contributed by atoms with Crippen molar-refractivity contribution in [1.82, 2.24) is 5.32 Å². The van der Waals surface area contributed by atoms with Crippen LogP contribution in [0.1, 0.15) is 43.9 Å². The minimum Gasteiger partial charge on any atom is -0.463 e. The quantitative estimate of drug-likeness (QED) is 0.569. The Morgan fingerprint density at radius 1 is 1.00 bits per heavy atom. The second-order valence-electron chi connectivity index (χ2n) is 5.56. The lowest BCUT2D eigenvalue weighted by Gasteiger charge is -2.19. The van der Waals surface area contributed by atoms with Crippen LogP contribution in [-0.4, -0.2) is 12.6 Å². The maximum Gasteiger partial charge on any atom is 0.335 e. The number of ether oxygens (including phenoxy) is 1. The molecular formula is C21H25NO2. The standard InChI is InChI=1S/C21H25NO2/c1-3-11-19(21(23)24-4-2)16-22-20(17-12-7-5-8-13-17)18-14-9-6-10-15-18/h5-10,12-16,20,22H,3-4,11H2,1-2H3/b19-16-. The van der Waals surface area contributed by atoms with E-state index >= 15 is 0 Å². The predicted octanol–water partition coefficient (Wildman–Crippen LogP) is 4.61. The van der Waals surface area contributed by atoms with E-state index in [9.17, 15) is 4.79 Å². The molecule has 0 aromatic heterocycles. The SMILES string of the molecule is CCC/C(=C/NC(c1ccccc1)c1ccccc1)C(=O)OCC. The fourth-order valence-electron chi connectivity index (χ4n) is 2.59. The van der Waals surface area contributed by atoms with Gasteiger partial charge in [-0.05, 0) is 24.5 Å². The first-order valence-electron chi connectivity index (χ1n) is 8.48. The molecule has 126 valence electrons. The van der Waals surface area contributed by atoms with Crippen molar-refractivity contribution >= 4 is 5.97 Å². The van der Waals surface area contributed by atoms with E-state index in [0.29, 0.717) is 18.6 Å². The van der Waals surface area contributed by atoms with Crippen molar-refractivity contribution in [2.24, 2.45) is 0 Å².